The van der Waals surface area contributed by atoms with Crippen molar-refractivity contribution < 1.29 is 0 Å². The highest BCUT2D eigenvalue weighted by Gasteiger charge is 2.36. The largest absolute Gasteiger partial charge is 0.299 e. The van der Waals surface area contributed by atoms with Crippen LogP contribution in [0.1, 0.15) is 19.3 Å². The van der Waals surface area contributed by atoms with E-state index in [0.29, 0.717) is 6.04 Å². The Morgan fingerprint density at radius 1 is 1.25 bits per heavy atom. The molecule has 2 saturated heterocycles. The average molecular weight is 169 g/mol. The molecule has 0 radical (unpaired) electrons. The van der Waals surface area contributed by atoms with Crippen LogP contribution in [0.4, 0.5) is 0 Å². The summed E-state index contributed by atoms with van der Waals surface area (Å²) in [7, 11) is 4.16. The molecule has 3 nitrogen and oxygen atoms in total. The summed E-state index contributed by atoms with van der Waals surface area (Å²) in [4.78, 5) is 2.63. The van der Waals surface area contributed by atoms with Crippen LogP contribution in [0.25, 0.3) is 0 Å². The number of nitrogens with zero attached hydrogens (tertiary/aromatic N) is 2. The highest BCUT2D eigenvalue weighted by atomic mass is 15.5. The Labute approximate surface area is 74.7 Å². The van der Waals surface area contributed by atoms with E-state index in [9.17, 15) is 0 Å². The maximum absolute atomic E-state index is 3.50. The van der Waals surface area contributed by atoms with Crippen LogP contribution in [0, 0.1) is 0 Å². The molecule has 0 aromatic rings. The van der Waals surface area contributed by atoms with Crippen molar-refractivity contribution in [2.24, 2.45) is 0 Å². The molecule has 12 heavy (non-hydrogen) atoms. The van der Waals surface area contributed by atoms with Gasteiger partial charge in [0.25, 0.3) is 0 Å². The molecular formula is C9H19N3. The molecule has 0 aromatic heterocycles. The fourth-order valence-electron chi connectivity index (χ4n) is 2.56. The zero-order valence-corrected chi connectivity index (χ0v) is 8.08. The number of hydrogen-bond donors (Lipinski definition) is 1. The van der Waals surface area contributed by atoms with Crippen molar-refractivity contribution in [2.45, 2.75) is 31.3 Å². The lowest BCUT2D eigenvalue weighted by Gasteiger charge is -2.24. The van der Waals surface area contributed by atoms with Crippen molar-refractivity contribution in [1.29, 1.82) is 0 Å². The lowest BCUT2D eigenvalue weighted by Crippen LogP contribution is -2.45. The zero-order valence-electron chi connectivity index (χ0n) is 8.08. The minimum absolute atomic E-state index is 0.711. The molecule has 0 aliphatic carbocycles. The molecule has 0 bridgehead atoms. The molecule has 70 valence electrons. The highest BCUT2D eigenvalue weighted by molar-refractivity contribution is 4.94. The minimum Gasteiger partial charge on any atom is -0.299 e. The summed E-state index contributed by atoms with van der Waals surface area (Å²) in [5.41, 5.74) is 3.50. The van der Waals surface area contributed by atoms with Crippen molar-refractivity contribution in [2.75, 3.05) is 27.2 Å². The predicted molar refractivity (Wildman–Crippen MR) is 49.8 cm³/mol. The van der Waals surface area contributed by atoms with Crippen LogP contribution < -0.4 is 5.43 Å². The second kappa shape index (κ2) is 3.32. The Morgan fingerprint density at radius 2 is 2.08 bits per heavy atom. The third-order valence-corrected chi connectivity index (χ3v) is 3.03. The van der Waals surface area contributed by atoms with Crippen LogP contribution in [-0.2, 0) is 0 Å². The van der Waals surface area contributed by atoms with Gasteiger partial charge >= 0.3 is 0 Å². The zero-order chi connectivity index (χ0) is 8.55. The van der Waals surface area contributed by atoms with Crippen molar-refractivity contribution in [3.8, 4) is 0 Å². The van der Waals surface area contributed by atoms with Crippen molar-refractivity contribution in [3.05, 3.63) is 0 Å². The van der Waals surface area contributed by atoms with Crippen LogP contribution in [0.5, 0.6) is 0 Å². The summed E-state index contributed by atoms with van der Waals surface area (Å²) >= 11 is 0. The smallest absolute Gasteiger partial charge is 0.0382 e. The van der Waals surface area contributed by atoms with E-state index in [1.54, 1.807) is 0 Å². The molecule has 2 fully saturated rings. The third kappa shape index (κ3) is 1.49. The first kappa shape index (κ1) is 8.48. The van der Waals surface area contributed by atoms with E-state index in [4.69, 9.17) is 0 Å². The Hall–Kier alpha value is -0.120. The maximum atomic E-state index is 3.50. The van der Waals surface area contributed by atoms with Gasteiger partial charge in [0.05, 0.1) is 0 Å². The first-order valence-electron chi connectivity index (χ1n) is 4.95. The van der Waals surface area contributed by atoms with Crippen LogP contribution in [0.2, 0.25) is 0 Å². The van der Waals surface area contributed by atoms with Gasteiger partial charge in [0.15, 0.2) is 0 Å². The van der Waals surface area contributed by atoms with Crippen LogP contribution in [0.15, 0.2) is 0 Å². The van der Waals surface area contributed by atoms with Gasteiger partial charge in [0, 0.05) is 32.7 Å². The third-order valence-electron chi connectivity index (χ3n) is 3.03. The second-order valence-electron chi connectivity index (χ2n) is 4.16. The van der Waals surface area contributed by atoms with Gasteiger partial charge in [-0.1, -0.05) is 0 Å². The summed E-state index contributed by atoms with van der Waals surface area (Å²) in [6, 6.07) is 1.54. The predicted octanol–water partition coefficient (Wildman–Crippen LogP) is 0.289. The molecule has 2 unspecified atom stereocenters. The van der Waals surface area contributed by atoms with Gasteiger partial charge in [0.1, 0.15) is 0 Å². The van der Waals surface area contributed by atoms with Crippen LogP contribution >= 0.6 is 0 Å². The summed E-state index contributed by atoms with van der Waals surface area (Å²) in [5, 5.41) is 2.09. The molecule has 2 aliphatic rings. The van der Waals surface area contributed by atoms with Crippen LogP contribution in [-0.4, -0.2) is 49.2 Å². The van der Waals surface area contributed by atoms with E-state index in [-0.39, 0.29) is 0 Å². The molecule has 2 atom stereocenters. The molecular weight excluding hydrogens is 150 g/mol. The fourth-order valence-corrected chi connectivity index (χ4v) is 2.56. The fraction of sp³-hybridized carbons (Fsp3) is 1.00. The van der Waals surface area contributed by atoms with Gasteiger partial charge in [-0.15, -0.1) is 0 Å². The van der Waals surface area contributed by atoms with Gasteiger partial charge in [-0.05, 0) is 25.8 Å². The standard InChI is InChI=1S/C9H19N3/c1-11(2)10-8-5-7-12-6-3-4-9(8)12/h8-10H,3-7H2,1-2H3. The SMILES string of the molecule is CN(C)NC1CCN2CCCC12. The normalized spacial score (nSPS) is 36.2. The molecule has 3 heteroatoms. The van der Waals surface area contributed by atoms with E-state index in [1.165, 1.54) is 32.4 Å². The quantitative estimate of drug-likeness (QED) is 0.599. The Balaban J connectivity index is 1.91. The number of fused-ring (bicyclic) bond motifs is 1. The molecule has 0 saturated carbocycles. The molecule has 2 aliphatic heterocycles. The van der Waals surface area contributed by atoms with Crippen molar-refractivity contribution >= 4 is 0 Å². The van der Waals surface area contributed by atoms with E-state index in [1.807, 2.05) is 0 Å². The summed E-state index contributed by atoms with van der Waals surface area (Å²) in [6.07, 6.45) is 4.12. The van der Waals surface area contributed by atoms with E-state index < -0.39 is 0 Å². The van der Waals surface area contributed by atoms with Gasteiger partial charge < -0.3 is 0 Å². The number of hydrazine groups is 1. The Morgan fingerprint density at radius 3 is 2.83 bits per heavy atom. The molecule has 1 N–H and O–H groups in total. The van der Waals surface area contributed by atoms with Gasteiger partial charge in [-0.3, -0.25) is 15.3 Å². The first-order valence-corrected chi connectivity index (χ1v) is 4.95. The van der Waals surface area contributed by atoms with Crippen LogP contribution in [0.3, 0.4) is 0 Å². The second-order valence-corrected chi connectivity index (χ2v) is 4.16. The lowest BCUT2D eigenvalue weighted by molar-refractivity contribution is 0.206. The molecule has 0 aromatic carbocycles. The molecule has 2 heterocycles. The Bertz CT molecular complexity index is 158. The topological polar surface area (TPSA) is 18.5 Å². The van der Waals surface area contributed by atoms with Gasteiger partial charge in [-0.2, -0.15) is 0 Å². The summed E-state index contributed by atoms with van der Waals surface area (Å²) < 4.78 is 0. The van der Waals surface area contributed by atoms with Crippen molar-refractivity contribution in [1.82, 2.24) is 15.3 Å². The van der Waals surface area contributed by atoms with Crippen molar-refractivity contribution in [3.63, 3.8) is 0 Å². The molecule has 0 amide bonds. The summed E-state index contributed by atoms with van der Waals surface area (Å²) in [5.74, 6) is 0. The monoisotopic (exact) mass is 169 g/mol. The Kier molecular flexibility index (Phi) is 2.35. The van der Waals surface area contributed by atoms with Gasteiger partial charge in [-0.25, -0.2) is 0 Å². The number of rotatable bonds is 2. The lowest BCUT2D eigenvalue weighted by atomic mass is 10.1. The summed E-state index contributed by atoms with van der Waals surface area (Å²) in [6.45, 7) is 2.63. The van der Waals surface area contributed by atoms with Gasteiger partial charge in [0.2, 0.25) is 0 Å². The number of hydrogen-bond acceptors (Lipinski definition) is 3. The number of nitrogens with one attached hydrogen (secondary N) is 1. The van der Waals surface area contributed by atoms with E-state index in [2.05, 4.69) is 29.4 Å². The molecule has 0 spiro atoms. The van der Waals surface area contributed by atoms with E-state index in [0.717, 1.165) is 6.04 Å². The molecule has 2 rings (SSSR count). The highest BCUT2D eigenvalue weighted by Crippen LogP contribution is 2.27. The first-order chi connectivity index (χ1) is 5.77. The van der Waals surface area contributed by atoms with E-state index >= 15 is 0 Å². The maximum Gasteiger partial charge on any atom is 0.0382 e. The minimum atomic E-state index is 0.711. The average Bonchev–Trinajstić information content (AvgIpc) is 2.52.